The van der Waals surface area contributed by atoms with Gasteiger partial charge in [-0.15, -0.1) is 0 Å². The van der Waals surface area contributed by atoms with Gasteiger partial charge in [-0.25, -0.2) is 0 Å². The molecule has 8 heteroatoms. The molecule has 0 bridgehead atoms. The number of ether oxygens (including phenoxy) is 2. The third-order valence-corrected chi connectivity index (χ3v) is 7.38. The van der Waals surface area contributed by atoms with E-state index in [-0.39, 0.29) is 11.3 Å². The number of rotatable bonds is 9. The number of benzene rings is 2. The van der Waals surface area contributed by atoms with Gasteiger partial charge in [-0.05, 0) is 53.9 Å². The van der Waals surface area contributed by atoms with Gasteiger partial charge >= 0.3 is 0 Å². The van der Waals surface area contributed by atoms with Crippen molar-refractivity contribution >= 4 is 17.4 Å². The lowest BCUT2D eigenvalue weighted by atomic mass is 9.95. The van der Waals surface area contributed by atoms with Gasteiger partial charge in [0.25, 0.3) is 11.7 Å². The summed E-state index contributed by atoms with van der Waals surface area (Å²) in [5, 5.41) is 11.4. The van der Waals surface area contributed by atoms with Crippen LogP contribution in [0.25, 0.3) is 5.76 Å². The molecule has 39 heavy (non-hydrogen) atoms. The minimum Gasteiger partial charge on any atom is -0.507 e. The molecular formula is C31H34N3O5+. The zero-order valence-electron chi connectivity index (χ0n) is 22.1. The highest BCUT2D eigenvalue weighted by Crippen LogP contribution is 2.39. The van der Waals surface area contributed by atoms with E-state index in [1.807, 2.05) is 37.3 Å². The quantitative estimate of drug-likeness (QED) is 0.252. The predicted molar refractivity (Wildman–Crippen MR) is 146 cm³/mol. The number of quaternary nitrogens is 1. The summed E-state index contributed by atoms with van der Waals surface area (Å²) in [6, 6.07) is 18.1. The molecule has 2 aromatic carbocycles. The number of aromatic nitrogens is 1. The second-order valence-electron chi connectivity index (χ2n) is 9.99. The Hall–Kier alpha value is -4.01. The number of hydrogen-bond donors (Lipinski definition) is 2. The van der Waals surface area contributed by atoms with E-state index in [2.05, 4.69) is 4.98 Å². The molecule has 1 atom stereocenters. The van der Waals surface area contributed by atoms with E-state index >= 15 is 0 Å². The third-order valence-electron chi connectivity index (χ3n) is 7.38. The Balaban J connectivity index is 1.40. The number of amides is 1. The summed E-state index contributed by atoms with van der Waals surface area (Å²) in [6.45, 7) is 6.99. The van der Waals surface area contributed by atoms with Crippen molar-refractivity contribution in [2.45, 2.75) is 26.0 Å². The van der Waals surface area contributed by atoms with E-state index in [1.54, 1.807) is 47.6 Å². The summed E-state index contributed by atoms with van der Waals surface area (Å²) in [6.07, 6.45) is 4.02. The van der Waals surface area contributed by atoms with Crippen molar-refractivity contribution in [1.29, 1.82) is 0 Å². The van der Waals surface area contributed by atoms with Crippen molar-refractivity contribution in [3.63, 3.8) is 0 Å². The normalized spacial score (nSPS) is 19.4. The van der Waals surface area contributed by atoms with Crippen LogP contribution in [0.1, 0.15) is 34.7 Å². The molecule has 2 fully saturated rings. The molecule has 1 aromatic heterocycles. The fraction of sp³-hybridized carbons (Fsp3) is 0.323. The average Bonchev–Trinajstić information content (AvgIpc) is 3.23. The maximum absolute atomic E-state index is 13.3. The zero-order valence-corrected chi connectivity index (χ0v) is 22.1. The average molecular weight is 529 g/mol. The Bertz CT molecular complexity index is 1340. The molecule has 0 spiro atoms. The molecule has 1 unspecified atom stereocenters. The Morgan fingerprint density at radius 2 is 1.82 bits per heavy atom. The van der Waals surface area contributed by atoms with Gasteiger partial charge in [0.1, 0.15) is 31.2 Å². The molecule has 0 aliphatic carbocycles. The highest BCUT2D eigenvalue weighted by molar-refractivity contribution is 6.46. The van der Waals surface area contributed by atoms with E-state index < -0.39 is 17.7 Å². The summed E-state index contributed by atoms with van der Waals surface area (Å²) in [5.74, 6) is -0.758. The minimum atomic E-state index is -0.679. The molecule has 2 aliphatic heterocycles. The van der Waals surface area contributed by atoms with Gasteiger partial charge in [0.2, 0.25) is 0 Å². The van der Waals surface area contributed by atoms with Crippen LogP contribution in [0.2, 0.25) is 0 Å². The summed E-state index contributed by atoms with van der Waals surface area (Å²) in [7, 11) is 0. The number of carbonyl (C=O) groups is 2. The number of ketones is 1. The number of carbonyl (C=O) groups excluding carboxylic acids is 2. The van der Waals surface area contributed by atoms with Crippen LogP contribution in [0.15, 0.2) is 78.6 Å². The minimum absolute atomic E-state index is 0.0993. The summed E-state index contributed by atoms with van der Waals surface area (Å²) in [5.41, 5.74) is 3.18. The first-order chi connectivity index (χ1) is 19.0. The number of Topliss-reactive ketones (excluding diaryl/α,β-unsaturated/α-hetero) is 1. The van der Waals surface area contributed by atoms with Crippen LogP contribution in [0.4, 0.5) is 0 Å². The molecule has 3 heterocycles. The smallest absolute Gasteiger partial charge is 0.295 e. The van der Waals surface area contributed by atoms with Crippen molar-refractivity contribution in [2.75, 3.05) is 39.4 Å². The van der Waals surface area contributed by atoms with Gasteiger partial charge < -0.3 is 24.4 Å². The fourth-order valence-corrected chi connectivity index (χ4v) is 5.26. The molecule has 0 radical (unpaired) electrons. The number of morpholine rings is 1. The van der Waals surface area contributed by atoms with E-state index in [4.69, 9.17) is 9.47 Å². The fourth-order valence-electron chi connectivity index (χ4n) is 5.26. The number of pyridine rings is 1. The second kappa shape index (κ2) is 12.2. The highest BCUT2D eigenvalue weighted by atomic mass is 16.5. The zero-order chi connectivity index (χ0) is 27.2. The van der Waals surface area contributed by atoms with Crippen molar-refractivity contribution in [2.24, 2.45) is 0 Å². The molecule has 5 rings (SSSR count). The van der Waals surface area contributed by atoms with Crippen LogP contribution in [-0.4, -0.2) is 66.1 Å². The van der Waals surface area contributed by atoms with Crippen LogP contribution in [0.5, 0.6) is 5.75 Å². The van der Waals surface area contributed by atoms with Crippen molar-refractivity contribution < 1.29 is 29.1 Å². The summed E-state index contributed by atoms with van der Waals surface area (Å²) >= 11 is 0. The van der Waals surface area contributed by atoms with Gasteiger partial charge in [0.15, 0.2) is 0 Å². The molecule has 2 saturated heterocycles. The van der Waals surface area contributed by atoms with Gasteiger partial charge in [-0.3, -0.25) is 14.6 Å². The van der Waals surface area contributed by atoms with Crippen molar-refractivity contribution in [3.05, 3.63) is 101 Å². The van der Waals surface area contributed by atoms with Crippen molar-refractivity contribution in [3.8, 4) is 5.75 Å². The lowest BCUT2D eigenvalue weighted by Crippen LogP contribution is -3.14. The van der Waals surface area contributed by atoms with Crippen LogP contribution in [-0.2, 0) is 20.9 Å². The maximum Gasteiger partial charge on any atom is 0.295 e. The lowest BCUT2D eigenvalue weighted by Gasteiger charge is -2.27. The molecule has 0 saturated carbocycles. The number of nitrogens with one attached hydrogen (secondary N) is 1. The Morgan fingerprint density at radius 3 is 2.54 bits per heavy atom. The molecule has 8 nitrogen and oxygen atoms in total. The largest absolute Gasteiger partial charge is 0.507 e. The summed E-state index contributed by atoms with van der Waals surface area (Å²) < 4.78 is 11.4. The van der Waals surface area contributed by atoms with E-state index in [0.717, 1.165) is 56.0 Å². The number of hydrogen-bond acceptors (Lipinski definition) is 6. The number of aliphatic hydroxyl groups excluding tert-OH is 1. The molecule has 2 aliphatic rings. The Labute approximate surface area is 228 Å². The molecule has 3 aromatic rings. The molecule has 1 amide bonds. The standard InChI is InChI=1S/C31H33N3O5/c1-22-20-25(8-9-26(22)39-21-23-6-3-2-4-7-23)29(35)27-28(24-10-12-32-13-11-24)34(31(37)30(27)36)15-5-14-33-16-18-38-19-17-33/h2-4,6-13,20,28,35H,5,14-19,21H2,1H3/p+1. The predicted octanol–water partition coefficient (Wildman–Crippen LogP) is 2.70. The topological polar surface area (TPSA) is 93.4 Å². The van der Waals surface area contributed by atoms with E-state index in [1.165, 1.54) is 4.90 Å². The van der Waals surface area contributed by atoms with Gasteiger partial charge in [0.05, 0.1) is 31.4 Å². The van der Waals surface area contributed by atoms with E-state index in [9.17, 15) is 14.7 Å². The van der Waals surface area contributed by atoms with Gasteiger partial charge in [-0.2, -0.15) is 0 Å². The maximum atomic E-state index is 13.3. The SMILES string of the molecule is Cc1cc(C(O)=C2C(=O)C(=O)N(CCC[NH+]3CCOCC3)C2c2ccncc2)ccc1OCc1ccccc1. The monoisotopic (exact) mass is 528 g/mol. The van der Waals surface area contributed by atoms with Crippen LogP contribution in [0, 0.1) is 6.92 Å². The first-order valence-corrected chi connectivity index (χ1v) is 13.4. The molecular weight excluding hydrogens is 494 g/mol. The van der Waals surface area contributed by atoms with Crippen LogP contribution < -0.4 is 9.64 Å². The molecule has 202 valence electrons. The second-order valence-corrected chi connectivity index (χ2v) is 9.99. The molecule has 2 N–H and O–H groups in total. The number of nitrogens with zero attached hydrogens (tertiary/aromatic N) is 2. The summed E-state index contributed by atoms with van der Waals surface area (Å²) in [4.78, 5) is 33.7. The van der Waals surface area contributed by atoms with E-state index in [0.29, 0.717) is 24.5 Å². The van der Waals surface area contributed by atoms with Gasteiger partial charge in [0, 0.05) is 30.9 Å². The highest BCUT2D eigenvalue weighted by Gasteiger charge is 2.46. The van der Waals surface area contributed by atoms with Crippen molar-refractivity contribution in [1.82, 2.24) is 9.88 Å². The van der Waals surface area contributed by atoms with Gasteiger partial charge in [-0.1, -0.05) is 30.3 Å². The van der Waals surface area contributed by atoms with Crippen LogP contribution in [0.3, 0.4) is 0 Å². The number of likely N-dealkylation sites (tertiary alicyclic amines) is 1. The number of aliphatic hydroxyl groups is 1. The Kier molecular flexibility index (Phi) is 8.34. The number of aryl methyl sites for hydroxylation is 1. The third kappa shape index (κ3) is 6.02. The lowest BCUT2D eigenvalue weighted by molar-refractivity contribution is -0.908. The Morgan fingerprint density at radius 1 is 1.08 bits per heavy atom. The first kappa shape index (κ1) is 26.6. The first-order valence-electron chi connectivity index (χ1n) is 13.4. The van der Waals surface area contributed by atoms with Crippen LogP contribution >= 0.6 is 0 Å².